The molecule has 3 heteroatoms. The lowest BCUT2D eigenvalue weighted by atomic mass is 9.89. The number of methoxy groups -OCH3 is 1. The van der Waals surface area contributed by atoms with Crippen molar-refractivity contribution in [2.24, 2.45) is 11.8 Å². The van der Waals surface area contributed by atoms with Crippen molar-refractivity contribution < 1.29 is 14.6 Å². The van der Waals surface area contributed by atoms with Crippen LogP contribution in [0, 0.1) is 11.8 Å². The van der Waals surface area contributed by atoms with Gasteiger partial charge in [0, 0.05) is 19.6 Å². The van der Waals surface area contributed by atoms with Gasteiger partial charge in [-0.05, 0) is 12.3 Å². The zero-order valence-electron chi connectivity index (χ0n) is 7.82. The molecule has 3 atom stereocenters. The van der Waals surface area contributed by atoms with E-state index in [4.69, 9.17) is 9.47 Å². The third kappa shape index (κ3) is 2.44. The minimum absolute atomic E-state index is 0.267. The van der Waals surface area contributed by atoms with Gasteiger partial charge in [0.25, 0.3) is 0 Å². The van der Waals surface area contributed by atoms with Crippen molar-refractivity contribution in [3.63, 3.8) is 0 Å². The van der Waals surface area contributed by atoms with Crippen LogP contribution < -0.4 is 0 Å². The molecular weight excluding hydrogens is 156 g/mol. The molecule has 0 aromatic heterocycles. The van der Waals surface area contributed by atoms with Crippen molar-refractivity contribution in [1.82, 2.24) is 0 Å². The van der Waals surface area contributed by atoms with Crippen LogP contribution in [0.2, 0.25) is 0 Å². The van der Waals surface area contributed by atoms with Crippen molar-refractivity contribution >= 4 is 0 Å². The van der Waals surface area contributed by atoms with Crippen LogP contribution in [0.25, 0.3) is 0 Å². The molecule has 0 spiro atoms. The van der Waals surface area contributed by atoms with Crippen molar-refractivity contribution in [3.05, 3.63) is 0 Å². The number of rotatable bonds is 4. The highest BCUT2D eigenvalue weighted by Crippen LogP contribution is 2.24. The highest BCUT2D eigenvalue weighted by molar-refractivity contribution is 4.78. The lowest BCUT2D eigenvalue weighted by Crippen LogP contribution is -2.25. The van der Waals surface area contributed by atoms with Crippen molar-refractivity contribution in [1.29, 1.82) is 0 Å². The zero-order chi connectivity index (χ0) is 8.97. The van der Waals surface area contributed by atoms with E-state index in [9.17, 15) is 5.11 Å². The number of ether oxygens (including phenoxy) is 2. The molecule has 0 saturated carbocycles. The average Bonchev–Trinajstić information content (AvgIpc) is 2.47. The summed E-state index contributed by atoms with van der Waals surface area (Å²) < 4.78 is 10.2. The first-order valence-electron chi connectivity index (χ1n) is 4.50. The minimum Gasteiger partial charge on any atom is -0.390 e. The van der Waals surface area contributed by atoms with Gasteiger partial charge in [-0.1, -0.05) is 6.92 Å². The topological polar surface area (TPSA) is 38.7 Å². The summed E-state index contributed by atoms with van der Waals surface area (Å²) in [4.78, 5) is 0. The summed E-state index contributed by atoms with van der Waals surface area (Å²) in [5.74, 6) is 0.794. The molecule has 0 aromatic carbocycles. The molecule has 1 aliphatic heterocycles. The Balaban J connectivity index is 2.25. The lowest BCUT2D eigenvalue weighted by molar-refractivity contribution is 0.0950. The maximum atomic E-state index is 9.49. The molecule has 1 fully saturated rings. The Labute approximate surface area is 73.7 Å². The second-order valence-electron chi connectivity index (χ2n) is 3.53. The fraction of sp³-hybridized carbons (Fsp3) is 1.00. The summed E-state index contributed by atoms with van der Waals surface area (Å²) in [6.07, 6.45) is 0.735. The Morgan fingerprint density at radius 1 is 1.58 bits per heavy atom. The second-order valence-corrected chi connectivity index (χ2v) is 3.53. The second kappa shape index (κ2) is 4.80. The maximum absolute atomic E-state index is 9.49. The van der Waals surface area contributed by atoms with Gasteiger partial charge in [-0.2, -0.15) is 0 Å². The van der Waals surface area contributed by atoms with Gasteiger partial charge in [0.1, 0.15) is 0 Å². The Hall–Kier alpha value is -0.120. The van der Waals surface area contributed by atoms with Crippen molar-refractivity contribution in [2.75, 3.05) is 26.9 Å². The Kier molecular flexibility index (Phi) is 3.98. The van der Waals surface area contributed by atoms with Crippen molar-refractivity contribution in [2.45, 2.75) is 19.4 Å². The van der Waals surface area contributed by atoms with Crippen molar-refractivity contribution in [3.8, 4) is 0 Å². The van der Waals surface area contributed by atoms with Gasteiger partial charge in [0.05, 0.1) is 19.3 Å². The number of hydrogen-bond acceptors (Lipinski definition) is 3. The van der Waals surface area contributed by atoms with Crippen LogP contribution in [0.15, 0.2) is 0 Å². The van der Waals surface area contributed by atoms with Crippen LogP contribution in [-0.2, 0) is 9.47 Å². The molecule has 0 aliphatic carbocycles. The third-order valence-electron chi connectivity index (χ3n) is 2.60. The maximum Gasteiger partial charge on any atom is 0.0826 e. The molecule has 0 amide bonds. The van der Waals surface area contributed by atoms with E-state index in [0.717, 1.165) is 13.0 Å². The Morgan fingerprint density at radius 2 is 2.33 bits per heavy atom. The van der Waals surface area contributed by atoms with E-state index < -0.39 is 0 Å². The van der Waals surface area contributed by atoms with E-state index in [-0.39, 0.29) is 6.10 Å². The first kappa shape index (κ1) is 9.96. The molecule has 12 heavy (non-hydrogen) atoms. The number of hydrogen-bond donors (Lipinski definition) is 1. The lowest BCUT2D eigenvalue weighted by Gasteiger charge is -2.19. The minimum atomic E-state index is -0.267. The van der Waals surface area contributed by atoms with Gasteiger partial charge in [-0.15, -0.1) is 0 Å². The molecule has 0 radical (unpaired) electrons. The van der Waals surface area contributed by atoms with E-state index >= 15 is 0 Å². The van der Waals surface area contributed by atoms with Crippen LogP contribution >= 0.6 is 0 Å². The summed E-state index contributed by atoms with van der Waals surface area (Å²) in [5.41, 5.74) is 0. The summed E-state index contributed by atoms with van der Waals surface area (Å²) in [6.45, 7) is 4.11. The van der Waals surface area contributed by atoms with E-state index in [2.05, 4.69) is 6.92 Å². The molecule has 1 heterocycles. The van der Waals surface area contributed by atoms with Gasteiger partial charge in [-0.3, -0.25) is 0 Å². The summed E-state index contributed by atoms with van der Waals surface area (Å²) in [5, 5.41) is 9.49. The van der Waals surface area contributed by atoms with Gasteiger partial charge in [-0.25, -0.2) is 0 Å². The molecule has 1 rings (SSSR count). The SMILES string of the molecule is COCCC(C)C1COCC1O. The van der Waals surface area contributed by atoms with Crippen LogP contribution in [0.5, 0.6) is 0 Å². The van der Waals surface area contributed by atoms with Crippen LogP contribution in [0.1, 0.15) is 13.3 Å². The fourth-order valence-corrected chi connectivity index (χ4v) is 1.62. The van der Waals surface area contributed by atoms with Gasteiger partial charge in [0.15, 0.2) is 0 Å². The average molecular weight is 174 g/mol. The number of aliphatic hydroxyl groups is 1. The van der Waals surface area contributed by atoms with Gasteiger partial charge in [0.2, 0.25) is 0 Å². The molecule has 0 aromatic rings. The molecule has 3 unspecified atom stereocenters. The largest absolute Gasteiger partial charge is 0.390 e. The molecule has 0 bridgehead atoms. The van der Waals surface area contributed by atoms with E-state index in [0.29, 0.717) is 25.0 Å². The molecule has 1 saturated heterocycles. The normalized spacial score (nSPS) is 32.2. The molecule has 1 aliphatic rings. The zero-order valence-corrected chi connectivity index (χ0v) is 7.82. The fourth-order valence-electron chi connectivity index (χ4n) is 1.62. The monoisotopic (exact) mass is 174 g/mol. The van der Waals surface area contributed by atoms with E-state index in [1.807, 2.05) is 0 Å². The highest BCUT2D eigenvalue weighted by Gasteiger charge is 2.30. The van der Waals surface area contributed by atoms with E-state index in [1.165, 1.54) is 0 Å². The summed E-state index contributed by atoms with van der Waals surface area (Å²) in [7, 11) is 1.70. The Bertz CT molecular complexity index is 127. The van der Waals surface area contributed by atoms with Gasteiger partial charge >= 0.3 is 0 Å². The molecule has 1 N–H and O–H groups in total. The molecule has 3 nitrogen and oxygen atoms in total. The first-order chi connectivity index (χ1) is 5.75. The first-order valence-corrected chi connectivity index (χ1v) is 4.50. The smallest absolute Gasteiger partial charge is 0.0826 e. The highest BCUT2D eigenvalue weighted by atomic mass is 16.5. The van der Waals surface area contributed by atoms with Crippen LogP contribution in [0.3, 0.4) is 0 Å². The van der Waals surface area contributed by atoms with E-state index in [1.54, 1.807) is 7.11 Å². The van der Waals surface area contributed by atoms with Gasteiger partial charge < -0.3 is 14.6 Å². The predicted octanol–water partition coefficient (Wildman–Crippen LogP) is 0.666. The number of aliphatic hydroxyl groups excluding tert-OH is 1. The summed E-state index contributed by atoms with van der Waals surface area (Å²) >= 11 is 0. The summed E-state index contributed by atoms with van der Waals surface area (Å²) in [6, 6.07) is 0. The standard InChI is InChI=1S/C9H18O3/c1-7(3-4-11-2)8-5-12-6-9(8)10/h7-10H,3-6H2,1-2H3. The van der Waals surface area contributed by atoms with Crippen LogP contribution in [0.4, 0.5) is 0 Å². The Morgan fingerprint density at radius 3 is 2.83 bits per heavy atom. The van der Waals surface area contributed by atoms with Crippen LogP contribution in [-0.4, -0.2) is 38.1 Å². The molecule has 72 valence electrons. The third-order valence-corrected chi connectivity index (χ3v) is 2.60. The predicted molar refractivity (Wildman–Crippen MR) is 46.0 cm³/mol. The molecular formula is C9H18O3. The quantitative estimate of drug-likeness (QED) is 0.680.